The van der Waals surface area contributed by atoms with Crippen LogP contribution < -0.4 is 20.9 Å². The molecule has 5 rings (SSSR count). The molecule has 1 atom stereocenters. The van der Waals surface area contributed by atoms with Gasteiger partial charge >= 0.3 is 6.36 Å². The smallest absolute Gasteiger partial charge is 0.406 e. The van der Waals surface area contributed by atoms with Gasteiger partial charge in [-0.2, -0.15) is 4.98 Å². The number of halogens is 3. The predicted molar refractivity (Wildman–Crippen MR) is 140 cm³/mol. The molecule has 38 heavy (non-hydrogen) atoms. The van der Waals surface area contributed by atoms with Crippen LogP contribution in [0, 0.1) is 0 Å². The Hall–Kier alpha value is -4.12. The van der Waals surface area contributed by atoms with E-state index in [1.807, 2.05) is 34.9 Å². The van der Waals surface area contributed by atoms with Crippen molar-refractivity contribution in [2.75, 3.05) is 18.0 Å². The van der Waals surface area contributed by atoms with E-state index in [0.717, 1.165) is 24.9 Å². The van der Waals surface area contributed by atoms with Crippen LogP contribution in [0.4, 0.5) is 19.1 Å². The molecule has 1 aliphatic rings. The second kappa shape index (κ2) is 10.3. The number of alkyl halides is 3. The van der Waals surface area contributed by atoms with Crippen molar-refractivity contribution in [3.63, 3.8) is 0 Å². The number of anilines is 1. The third-order valence-electron chi connectivity index (χ3n) is 6.44. The van der Waals surface area contributed by atoms with Gasteiger partial charge in [0.2, 0.25) is 5.95 Å². The Bertz CT molecular complexity index is 1530. The molecule has 0 spiro atoms. The molecular weight excluding hydrogens is 497 g/mol. The van der Waals surface area contributed by atoms with Crippen molar-refractivity contribution in [2.24, 2.45) is 12.8 Å². The largest absolute Gasteiger partial charge is 0.573 e. The van der Waals surface area contributed by atoms with E-state index < -0.39 is 6.36 Å². The Morgan fingerprint density at radius 2 is 1.89 bits per heavy atom. The molecule has 1 saturated heterocycles. The number of piperidine rings is 1. The summed E-state index contributed by atoms with van der Waals surface area (Å²) >= 11 is 0. The van der Waals surface area contributed by atoms with Crippen molar-refractivity contribution < 1.29 is 17.9 Å². The molecular formula is C27H27F3N6O2. The molecule has 1 aliphatic heterocycles. The van der Waals surface area contributed by atoms with Gasteiger partial charge in [0.15, 0.2) is 11.2 Å². The Labute approximate surface area is 216 Å². The summed E-state index contributed by atoms with van der Waals surface area (Å²) in [6.45, 7) is 1.84. The Kier molecular flexibility index (Phi) is 6.94. The fourth-order valence-electron chi connectivity index (χ4n) is 4.65. The van der Waals surface area contributed by atoms with Gasteiger partial charge in [-0.05, 0) is 42.2 Å². The van der Waals surface area contributed by atoms with Crippen LogP contribution in [0.1, 0.15) is 29.8 Å². The molecule has 0 saturated carbocycles. The minimum Gasteiger partial charge on any atom is -0.406 e. The Balaban J connectivity index is 1.56. The third-order valence-corrected chi connectivity index (χ3v) is 6.44. The maximum absolute atomic E-state index is 13.6. The molecule has 2 N–H and O–H groups in total. The topological polar surface area (TPSA) is 91.2 Å². The van der Waals surface area contributed by atoms with E-state index in [1.54, 1.807) is 25.3 Å². The number of benzene rings is 2. The molecule has 0 aliphatic carbocycles. The number of fused-ring (bicyclic) bond motifs is 1. The van der Waals surface area contributed by atoms with Gasteiger partial charge in [-0.1, -0.05) is 48.5 Å². The molecule has 1 fully saturated rings. The summed E-state index contributed by atoms with van der Waals surface area (Å²) in [4.78, 5) is 25.1. The summed E-state index contributed by atoms with van der Waals surface area (Å²) < 4.78 is 45.1. The van der Waals surface area contributed by atoms with Crippen LogP contribution in [-0.4, -0.2) is 44.6 Å². The highest BCUT2D eigenvalue weighted by Gasteiger charge is 2.31. The molecule has 0 bridgehead atoms. The first kappa shape index (κ1) is 25.5. The number of imidazole rings is 1. The number of nitrogens with zero attached hydrogens (tertiary/aromatic N) is 5. The van der Waals surface area contributed by atoms with Crippen molar-refractivity contribution in [3.8, 4) is 5.75 Å². The summed E-state index contributed by atoms with van der Waals surface area (Å²) in [6, 6.07) is 15.4. The molecule has 8 nitrogen and oxygen atoms in total. The second-order valence-electron chi connectivity index (χ2n) is 9.29. The lowest BCUT2D eigenvalue weighted by Crippen LogP contribution is -2.44. The highest BCUT2D eigenvalue weighted by atomic mass is 19.4. The van der Waals surface area contributed by atoms with E-state index in [2.05, 4.69) is 14.6 Å². The van der Waals surface area contributed by atoms with Crippen molar-refractivity contribution in [1.29, 1.82) is 0 Å². The van der Waals surface area contributed by atoms with Crippen LogP contribution in [0.3, 0.4) is 0 Å². The molecule has 198 valence electrons. The third kappa shape index (κ3) is 5.57. The first-order valence-corrected chi connectivity index (χ1v) is 12.2. The van der Waals surface area contributed by atoms with Gasteiger partial charge in [-0.15, -0.1) is 13.2 Å². The minimum atomic E-state index is -4.78. The first-order valence-electron chi connectivity index (χ1n) is 12.2. The maximum Gasteiger partial charge on any atom is 0.573 e. The Morgan fingerprint density at radius 3 is 2.63 bits per heavy atom. The molecule has 4 aromatic rings. The highest BCUT2D eigenvalue weighted by Crippen LogP contribution is 2.26. The molecule has 0 radical (unpaired) electrons. The van der Waals surface area contributed by atoms with Gasteiger partial charge in [0.05, 0.1) is 6.54 Å². The zero-order chi connectivity index (χ0) is 26.9. The molecule has 2 aromatic carbocycles. The normalized spacial score (nSPS) is 16.4. The number of nitrogens with two attached hydrogens (primary N) is 1. The predicted octanol–water partition coefficient (Wildman–Crippen LogP) is 4.17. The van der Waals surface area contributed by atoms with Crippen LogP contribution in [0.2, 0.25) is 0 Å². The van der Waals surface area contributed by atoms with E-state index >= 15 is 0 Å². The van der Waals surface area contributed by atoms with Gasteiger partial charge in [0.1, 0.15) is 11.6 Å². The molecule has 2 aromatic heterocycles. The summed E-state index contributed by atoms with van der Waals surface area (Å²) in [5.74, 6) is 0.624. The van der Waals surface area contributed by atoms with Crippen LogP contribution in [-0.2, 0) is 13.6 Å². The fraction of sp³-hybridized carbons (Fsp3) is 0.296. The van der Waals surface area contributed by atoms with E-state index in [1.165, 1.54) is 22.8 Å². The summed E-state index contributed by atoms with van der Waals surface area (Å²) in [6.07, 6.45) is 0.210. The van der Waals surface area contributed by atoms with Gasteiger partial charge in [-0.25, -0.2) is 4.98 Å². The lowest BCUT2D eigenvalue weighted by Gasteiger charge is -2.31. The van der Waals surface area contributed by atoms with Gasteiger partial charge < -0.3 is 15.4 Å². The minimum absolute atomic E-state index is 0.0140. The molecule has 0 amide bonds. The molecule has 11 heteroatoms. The fourth-order valence-corrected chi connectivity index (χ4v) is 4.65. The number of rotatable bonds is 6. The number of hydrogen-bond donors (Lipinski definition) is 1. The van der Waals surface area contributed by atoms with Crippen molar-refractivity contribution >= 4 is 29.3 Å². The van der Waals surface area contributed by atoms with Crippen molar-refractivity contribution in [1.82, 2.24) is 19.1 Å². The lowest BCUT2D eigenvalue weighted by atomic mass is 10.1. The van der Waals surface area contributed by atoms with Crippen LogP contribution in [0.25, 0.3) is 23.3 Å². The van der Waals surface area contributed by atoms with Crippen LogP contribution in [0.5, 0.6) is 5.75 Å². The Morgan fingerprint density at radius 1 is 1.11 bits per heavy atom. The number of hydrogen-bond acceptors (Lipinski definition) is 6. The average Bonchev–Trinajstić information content (AvgIpc) is 3.23. The van der Waals surface area contributed by atoms with Gasteiger partial charge in [0, 0.05) is 26.2 Å². The number of ether oxygens (including phenoxy) is 1. The first-order chi connectivity index (χ1) is 18.2. The van der Waals surface area contributed by atoms with Crippen LogP contribution in [0.15, 0.2) is 59.4 Å². The quantitative estimate of drug-likeness (QED) is 0.407. The maximum atomic E-state index is 13.6. The van der Waals surface area contributed by atoms with Crippen LogP contribution >= 0.6 is 0 Å². The van der Waals surface area contributed by atoms with E-state index in [4.69, 9.17) is 10.7 Å². The van der Waals surface area contributed by atoms with Gasteiger partial charge in [0.25, 0.3) is 5.56 Å². The highest BCUT2D eigenvalue weighted by molar-refractivity contribution is 5.77. The number of aromatic nitrogens is 4. The van der Waals surface area contributed by atoms with Crippen molar-refractivity contribution in [3.05, 3.63) is 81.9 Å². The van der Waals surface area contributed by atoms with E-state index in [0.29, 0.717) is 41.6 Å². The van der Waals surface area contributed by atoms with E-state index in [-0.39, 0.29) is 17.4 Å². The molecule has 1 unspecified atom stereocenters. The summed E-state index contributed by atoms with van der Waals surface area (Å²) in [7, 11) is 1.61. The lowest BCUT2D eigenvalue weighted by molar-refractivity contribution is -0.274. The summed E-state index contributed by atoms with van der Waals surface area (Å²) in [5.41, 5.74) is 8.11. The zero-order valence-corrected chi connectivity index (χ0v) is 20.7. The SMILES string of the molecule is Cn1c(/C=C/c2cccc(OC(F)(F)F)c2)nc2nc(N3CCCC(N)C3)n(Cc3ccccc3)c2c1=O. The standard InChI is InChI=1S/C27H27F3N6O2/c1-34-22(13-12-18-9-5-11-21(15-18)38-27(28,29)30)32-24-23(25(34)37)36(16-19-7-3-2-4-8-19)26(33-24)35-14-6-10-20(31)17-35/h2-5,7-9,11-13,15,20H,6,10,14,16-17,31H2,1H3/b13-12+. The zero-order valence-electron chi connectivity index (χ0n) is 20.7. The monoisotopic (exact) mass is 524 g/mol. The van der Waals surface area contributed by atoms with E-state index in [9.17, 15) is 18.0 Å². The second-order valence-corrected chi connectivity index (χ2v) is 9.29. The van der Waals surface area contributed by atoms with Crippen molar-refractivity contribution in [2.45, 2.75) is 31.8 Å². The average molecular weight is 525 g/mol. The summed E-state index contributed by atoms with van der Waals surface area (Å²) in [5, 5.41) is 0. The van der Waals surface area contributed by atoms with Gasteiger partial charge in [-0.3, -0.25) is 13.9 Å². The molecule has 3 heterocycles.